The lowest BCUT2D eigenvalue weighted by molar-refractivity contribution is 0.0683. The summed E-state index contributed by atoms with van der Waals surface area (Å²) in [6.45, 7) is 14.7. The first-order chi connectivity index (χ1) is 9.88. The van der Waals surface area contributed by atoms with E-state index in [-0.39, 0.29) is 11.5 Å². The van der Waals surface area contributed by atoms with Crippen LogP contribution in [0.15, 0.2) is 5.38 Å². The Balaban J connectivity index is 1.80. The normalized spacial score (nSPS) is 19.9. The Morgan fingerprint density at radius 1 is 1.24 bits per heavy atom. The van der Waals surface area contributed by atoms with Crippen molar-refractivity contribution in [3.63, 3.8) is 0 Å². The Hall–Kier alpha value is -0.490. The van der Waals surface area contributed by atoms with Crippen molar-refractivity contribution < 1.29 is 5.11 Å². The van der Waals surface area contributed by atoms with Crippen molar-refractivity contribution in [1.82, 2.24) is 14.8 Å². The van der Waals surface area contributed by atoms with E-state index in [4.69, 9.17) is 4.98 Å². The average molecular weight is 311 g/mol. The number of rotatable bonds is 5. The molecule has 21 heavy (non-hydrogen) atoms. The number of thiazole rings is 1. The summed E-state index contributed by atoms with van der Waals surface area (Å²) in [5.41, 5.74) is 1.35. The van der Waals surface area contributed by atoms with E-state index in [2.05, 4.69) is 36.0 Å². The van der Waals surface area contributed by atoms with Gasteiger partial charge in [0.15, 0.2) is 0 Å². The van der Waals surface area contributed by atoms with Crippen LogP contribution in [0.3, 0.4) is 0 Å². The first-order valence-corrected chi connectivity index (χ1v) is 8.84. The summed E-state index contributed by atoms with van der Waals surface area (Å²) in [6, 6.07) is 0. The predicted octanol–water partition coefficient (Wildman–Crippen LogP) is 2.33. The molecule has 2 heterocycles. The van der Waals surface area contributed by atoms with Crippen molar-refractivity contribution >= 4 is 11.3 Å². The van der Waals surface area contributed by atoms with Gasteiger partial charge >= 0.3 is 0 Å². The fraction of sp³-hybridized carbons (Fsp3) is 0.812. The zero-order valence-corrected chi connectivity index (χ0v) is 14.6. The largest absolute Gasteiger partial charge is 0.392 e. The molecular formula is C16H29N3OS. The van der Waals surface area contributed by atoms with Gasteiger partial charge in [-0.1, -0.05) is 27.7 Å². The molecule has 5 heteroatoms. The number of hydrogen-bond donors (Lipinski definition) is 1. The van der Waals surface area contributed by atoms with E-state index in [1.54, 1.807) is 11.3 Å². The van der Waals surface area contributed by atoms with Crippen molar-refractivity contribution in [3.05, 3.63) is 16.1 Å². The number of aromatic nitrogens is 1. The van der Waals surface area contributed by atoms with Crippen LogP contribution in [-0.4, -0.2) is 58.7 Å². The van der Waals surface area contributed by atoms with E-state index < -0.39 is 0 Å². The molecule has 1 aliphatic rings. The maximum absolute atomic E-state index is 9.73. The van der Waals surface area contributed by atoms with Crippen LogP contribution in [-0.2, 0) is 12.0 Å². The van der Waals surface area contributed by atoms with Crippen molar-refractivity contribution in [2.45, 2.75) is 52.2 Å². The highest BCUT2D eigenvalue weighted by Gasteiger charge is 2.21. The molecule has 1 N–H and O–H groups in total. The second kappa shape index (κ2) is 7.18. The molecule has 0 saturated carbocycles. The van der Waals surface area contributed by atoms with Gasteiger partial charge in [-0.3, -0.25) is 9.80 Å². The first-order valence-electron chi connectivity index (χ1n) is 7.96. The van der Waals surface area contributed by atoms with Crippen LogP contribution < -0.4 is 0 Å². The standard InChI is InChI=1S/C16H29N3OS/c1-5-14(20)11-19-8-6-18(7-9-19)10-13-12-21-15(17-13)16(2,3)4/h12,14,20H,5-11H2,1-4H3. The minimum absolute atomic E-state index is 0.151. The number of aliphatic hydroxyl groups is 1. The molecule has 0 aliphatic carbocycles. The van der Waals surface area contributed by atoms with E-state index in [0.717, 1.165) is 45.7 Å². The van der Waals surface area contributed by atoms with Crippen LogP contribution in [0.2, 0.25) is 0 Å². The molecule has 1 fully saturated rings. The maximum Gasteiger partial charge on any atom is 0.0982 e. The molecule has 1 saturated heterocycles. The van der Waals surface area contributed by atoms with Crippen LogP contribution in [0.25, 0.3) is 0 Å². The highest BCUT2D eigenvalue weighted by Crippen LogP contribution is 2.26. The van der Waals surface area contributed by atoms with Gasteiger partial charge in [0.1, 0.15) is 0 Å². The van der Waals surface area contributed by atoms with Gasteiger partial charge in [0.25, 0.3) is 0 Å². The molecule has 0 bridgehead atoms. The van der Waals surface area contributed by atoms with E-state index >= 15 is 0 Å². The van der Waals surface area contributed by atoms with Crippen molar-refractivity contribution in [2.24, 2.45) is 0 Å². The second-order valence-electron chi connectivity index (χ2n) is 7.03. The summed E-state index contributed by atoms with van der Waals surface area (Å²) in [7, 11) is 0. The summed E-state index contributed by atoms with van der Waals surface area (Å²) < 4.78 is 0. The number of hydrogen-bond acceptors (Lipinski definition) is 5. The van der Waals surface area contributed by atoms with Crippen molar-refractivity contribution in [1.29, 1.82) is 0 Å². The summed E-state index contributed by atoms with van der Waals surface area (Å²) in [4.78, 5) is 9.62. The Morgan fingerprint density at radius 3 is 2.38 bits per heavy atom. The minimum atomic E-state index is -0.176. The molecule has 1 unspecified atom stereocenters. The second-order valence-corrected chi connectivity index (χ2v) is 7.89. The fourth-order valence-corrected chi connectivity index (χ4v) is 3.41. The van der Waals surface area contributed by atoms with Crippen LogP contribution in [0.5, 0.6) is 0 Å². The van der Waals surface area contributed by atoms with E-state index in [1.807, 2.05) is 6.92 Å². The lowest BCUT2D eigenvalue weighted by atomic mass is 9.98. The van der Waals surface area contributed by atoms with Crippen molar-refractivity contribution in [2.75, 3.05) is 32.7 Å². The molecule has 1 aliphatic heterocycles. The number of β-amino-alcohol motifs (C(OH)–C–C–N with tert-alkyl or cyclic N) is 1. The molecule has 0 spiro atoms. The summed E-state index contributed by atoms with van der Waals surface area (Å²) in [5, 5.41) is 13.2. The lowest BCUT2D eigenvalue weighted by Crippen LogP contribution is -2.48. The van der Waals surface area contributed by atoms with Crippen LogP contribution in [0.1, 0.15) is 44.8 Å². The molecule has 2 rings (SSSR count). The molecule has 0 amide bonds. The average Bonchev–Trinajstić information content (AvgIpc) is 2.89. The van der Waals surface area contributed by atoms with Gasteiger partial charge in [-0.2, -0.15) is 0 Å². The predicted molar refractivity (Wildman–Crippen MR) is 88.8 cm³/mol. The van der Waals surface area contributed by atoms with Gasteiger partial charge in [-0.15, -0.1) is 11.3 Å². The quantitative estimate of drug-likeness (QED) is 0.906. The van der Waals surface area contributed by atoms with Crippen LogP contribution in [0.4, 0.5) is 0 Å². The summed E-state index contributed by atoms with van der Waals surface area (Å²) in [5.74, 6) is 0. The highest BCUT2D eigenvalue weighted by molar-refractivity contribution is 7.09. The fourth-order valence-electron chi connectivity index (χ4n) is 2.51. The topological polar surface area (TPSA) is 39.6 Å². The van der Waals surface area contributed by atoms with Gasteiger partial charge in [0, 0.05) is 50.1 Å². The van der Waals surface area contributed by atoms with Crippen LogP contribution >= 0.6 is 11.3 Å². The molecular weight excluding hydrogens is 282 g/mol. The Labute approximate surface area is 132 Å². The van der Waals surface area contributed by atoms with E-state index in [1.165, 1.54) is 10.7 Å². The Bertz CT molecular complexity index is 433. The van der Waals surface area contributed by atoms with E-state index in [9.17, 15) is 5.11 Å². The molecule has 1 aromatic rings. The SMILES string of the molecule is CCC(O)CN1CCN(Cc2csc(C(C)(C)C)n2)CC1. The van der Waals surface area contributed by atoms with Crippen molar-refractivity contribution in [3.8, 4) is 0 Å². The molecule has 120 valence electrons. The molecule has 0 aromatic carbocycles. The number of nitrogens with zero attached hydrogens (tertiary/aromatic N) is 3. The maximum atomic E-state index is 9.73. The Kier molecular flexibility index (Phi) is 5.77. The first kappa shape index (κ1) is 16.9. The summed E-state index contributed by atoms with van der Waals surface area (Å²) in [6.07, 6.45) is 0.665. The number of piperazine rings is 1. The molecule has 4 nitrogen and oxygen atoms in total. The van der Waals surface area contributed by atoms with Gasteiger partial charge in [0.05, 0.1) is 16.8 Å². The number of aliphatic hydroxyl groups excluding tert-OH is 1. The minimum Gasteiger partial charge on any atom is -0.392 e. The zero-order chi connectivity index (χ0) is 15.5. The van der Waals surface area contributed by atoms with Gasteiger partial charge < -0.3 is 5.11 Å². The smallest absolute Gasteiger partial charge is 0.0982 e. The van der Waals surface area contributed by atoms with Gasteiger partial charge in [-0.25, -0.2) is 4.98 Å². The zero-order valence-electron chi connectivity index (χ0n) is 13.8. The highest BCUT2D eigenvalue weighted by atomic mass is 32.1. The van der Waals surface area contributed by atoms with E-state index in [0.29, 0.717) is 0 Å². The molecule has 1 atom stereocenters. The Morgan fingerprint density at radius 2 is 1.86 bits per heavy atom. The third kappa shape index (κ3) is 5.02. The van der Waals surface area contributed by atoms with Gasteiger partial charge in [0.2, 0.25) is 0 Å². The van der Waals surface area contributed by atoms with Crippen LogP contribution in [0, 0.1) is 0 Å². The third-order valence-corrected chi connectivity index (χ3v) is 5.30. The monoisotopic (exact) mass is 311 g/mol. The lowest BCUT2D eigenvalue weighted by Gasteiger charge is -2.35. The summed E-state index contributed by atoms with van der Waals surface area (Å²) >= 11 is 1.78. The van der Waals surface area contributed by atoms with Gasteiger partial charge in [-0.05, 0) is 6.42 Å². The molecule has 0 radical (unpaired) electrons. The molecule has 1 aromatic heterocycles. The third-order valence-electron chi connectivity index (χ3n) is 3.98.